The third kappa shape index (κ3) is 10.0. The summed E-state index contributed by atoms with van der Waals surface area (Å²) in [5.74, 6) is 0. The van der Waals surface area contributed by atoms with Crippen molar-refractivity contribution in [2.75, 3.05) is 38.0 Å². The molecule has 150 valence electrons. The van der Waals surface area contributed by atoms with Gasteiger partial charge in [-0.1, -0.05) is 0 Å². The SMILES string of the molecule is CN(C)c1cc[n+](CC(O)C[n+]2ccc(N(C)C)cc2)cc1.[O-][Cl+3]([O-])([O-])[O-]. The summed E-state index contributed by atoms with van der Waals surface area (Å²) in [5.41, 5.74) is 2.30. The zero-order chi connectivity index (χ0) is 20.6. The van der Waals surface area contributed by atoms with Crippen LogP contribution in [0.2, 0.25) is 0 Å². The molecule has 0 aromatic carbocycles. The van der Waals surface area contributed by atoms with Gasteiger partial charge in [0.1, 0.15) is 0 Å². The molecule has 2 rings (SSSR count). The highest BCUT2D eigenvalue weighted by Crippen LogP contribution is 2.07. The van der Waals surface area contributed by atoms with Crippen LogP contribution in [0, 0.1) is 10.2 Å². The smallest absolute Gasteiger partial charge is 0.180 e. The Hall–Kier alpha value is -2.01. The fourth-order valence-electron chi connectivity index (χ4n) is 2.28. The van der Waals surface area contributed by atoms with E-state index in [1.807, 2.05) is 86.4 Å². The first-order valence-electron chi connectivity index (χ1n) is 8.08. The average Bonchev–Trinajstić information content (AvgIpc) is 2.54. The molecule has 0 fully saturated rings. The number of hydrogen-bond donors (Lipinski definition) is 1. The summed E-state index contributed by atoms with van der Waals surface area (Å²) in [4.78, 5) is 4.12. The quantitative estimate of drug-likeness (QED) is 0.485. The molecule has 0 atom stereocenters. The average molecular weight is 402 g/mol. The van der Waals surface area contributed by atoms with E-state index in [1.54, 1.807) is 0 Å². The number of nitrogens with zero attached hydrogens (tertiary/aromatic N) is 4. The molecule has 0 aliphatic heterocycles. The van der Waals surface area contributed by atoms with Crippen LogP contribution in [-0.2, 0) is 13.1 Å². The second-order valence-electron chi connectivity index (χ2n) is 6.33. The molecule has 10 heteroatoms. The number of anilines is 2. The van der Waals surface area contributed by atoms with Crippen LogP contribution in [0.15, 0.2) is 49.1 Å². The van der Waals surface area contributed by atoms with Gasteiger partial charge in [-0.25, -0.2) is 27.8 Å². The van der Waals surface area contributed by atoms with Crippen LogP contribution in [-0.4, -0.2) is 39.4 Å². The number of aliphatic hydroxyl groups excluding tert-OH is 1. The summed E-state index contributed by atoms with van der Waals surface area (Å²) >= 11 is 0. The third-order valence-corrected chi connectivity index (χ3v) is 3.62. The van der Waals surface area contributed by atoms with Gasteiger partial charge in [-0.2, -0.15) is 0 Å². The summed E-state index contributed by atoms with van der Waals surface area (Å²) in [7, 11) is 3.12. The molecular formula is C17H26ClN4O5+. The molecule has 0 saturated heterocycles. The van der Waals surface area contributed by atoms with E-state index in [2.05, 4.69) is 9.80 Å². The summed E-state index contributed by atoms with van der Waals surface area (Å²) < 4.78 is 38.0. The molecule has 2 heterocycles. The Bertz CT molecular complexity index is 616. The van der Waals surface area contributed by atoms with E-state index < -0.39 is 16.3 Å². The van der Waals surface area contributed by atoms with Gasteiger partial charge in [0.2, 0.25) is 0 Å². The predicted molar refractivity (Wildman–Crippen MR) is 87.9 cm³/mol. The molecule has 9 nitrogen and oxygen atoms in total. The molecule has 2 aromatic rings. The second-order valence-corrected chi connectivity index (χ2v) is 7.08. The Balaban J connectivity index is 0.000000646. The minimum absolute atomic E-state index is 0.426. The lowest BCUT2D eigenvalue weighted by Gasteiger charge is -2.17. The first-order valence-corrected chi connectivity index (χ1v) is 9.32. The van der Waals surface area contributed by atoms with Crippen molar-refractivity contribution in [1.29, 1.82) is 0 Å². The van der Waals surface area contributed by atoms with Gasteiger partial charge in [-0.3, -0.25) is 0 Å². The zero-order valence-corrected chi connectivity index (χ0v) is 16.6. The van der Waals surface area contributed by atoms with Gasteiger partial charge in [-0.15, -0.1) is 10.2 Å². The van der Waals surface area contributed by atoms with Gasteiger partial charge in [-0.05, 0) is 0 Å². The van der Waals surface area contributed by atoms with Crippen LogP contribution >= 0.6 is 0 Å². The number of pyridine rings is 2. The lowest BCUT2D eigenvalue weighted by atomic mass is 10.3. The summed E-state index contributed by atoms with van der Waals surface area (Å²) in [6.07, 6.45) is 7.57. The molecule has 0 spiro atoms. The van der Waals surface area contributed by atoms with Crippen LogP contribution in [0.3, 0.4) is 0 Å². The van der Waals surface area contributed by atoms with E-state index >= 15 is 0 Å². The zero-order valence-electron chi connectivity index (χ0n) is 15.9. The van der Waals surface area contributed by atoms with Crippen molar-refractivity contribution < 1.29 is 43.1 Å². The van der Waals surface area contributed by atoms with Gasteiger partial charge in [0.05, 0.1) is 0 Å². The van der Waals surface area contributed by atoms with Crippen LogP contribution in [0.25, 0.3) is 0 Å². The standard InChI is InChI=1S/C17H26N4O.ClHO4/c1-18(2)15-5-9-20(10-6-15)13-17(22)14-21-11-7-16(8-12-21)19(3)4;2-1(3,4)5/h5-12,17,22H,13-14H2,1-4H3;(H,2,3,4,5)/q+2;/p-1. The van der Waals surface area contributed by atoms with E-state index in [0.717, 1.165) is 11.4 Å². The molecule has 0 amide bonds. The van der Waals surface area contributed by atoms with Gasteiger partial charge >= 0.3 is 0 Å². The highest BCUT2D eigenvalue weighted by atomic mass is 35.7. The van der Waals surface area contributed by atoms with Crippen molar-refractivity contribution in [2.24, 2.45) is 0 Å². The first-order chi connectivity index (χ1) is 12.5. The molecule has 0 bridgehead atoms. The Morgan fingerprint density at radius 2 is 1.04 bits per heavy atom. The Labute approximate surface area is 161 Å². The number of rotatable bonds is 6. The molecule has 1 N–H and O–H groups in total. The van der Waals surface area contributed by atoms with Crippen molar-refractivity contribution in [3.8, 4) is 0 Å². The summed E-state index contributed by atoms with van der Waals surface area (Å²) in [5, 5.41) is 10.3. The van der Waals surface area contributed by atoms with E-state index in [4.69, 9.17) is 18.6 Å². The molecule has 27 heavy (non-hydrogen) atoms. The molecule has 0 saturated carbocycles. The fraction of sp³-hybridized carbons (Fsp3) is 0.412. The molecule has 0 aliphatic rings. The minimum atomic E-state index is -4.94. The Morgan fingerprint density at radius 3 is 1.26 bits per heavy atom. The monoisotopic (exact) mass is 401 g/mol. The van der Waals surface area contributed by atoms with Gasteiger partial charge < -0.3 is 14.9 Å². The van der Waals surface area contributed by atoms with Gasteiger partial charge in [0.15, 0.2) is 44.0 Å². The molecular weight excluding hydrogens is 376 g/mol. The van der Waals surface area contributed by atoms with Crippen LogP contribution in [0.1, 0.15) is 0 Å². The number of hydrogen-bond acceptors (Lipinski definition) is 7. The van der Waals surface area contributed by atoms with Crippen molar-refractivity contribution in [3.05, 3.63) is 49.1 Å². The van der Waals surface area contributed by atoms with Crippen molar-refractivity contribution in [1.82, 2.24) is 0 Å². The number of aromatic nitrogens is 2. The second kappa shape index (κ2) is 10.4. The van der Waals surface area contributed by atoms with E-state index in [0.29, 0.717) is 13.1 Å². The fourth-order valence-corrected chi connectivity index (χ4v) is 2.28. The lowest BCUT2D eigenvalue weighted by molar-refractivity contribution is -2.00. The highest BCUT2D eigenvalue weighted by Gasteiger charge is 2.16. The minimum Gasteiger partial charge on any atom is -0.381 e. The summed E-state index contributed by atoms with van der Waals surface area (Å²) in [6.45, 7) is 1.16. The van der Waals surface area contributed by atoms with Gasteiger partial charge in [0, 0.05) is 63.8 Å². The largest absolute Gasteiger partial charge is 0.381 e. The highest BCUT2D eigenvalue weighted by molar-refractivity contribution is 5.42. The first kappa shape index (κ1) is 23.0. The third-order valence-electron chi connectivity index (χ3n) is 3.62. The van der Waals surface area contributed by atoms with Crippen molar-refractivity contribution in [3.63, 3.8) is 0 Å². The molecule has 0 aliphatic carbocycles. The van der Waals surface area contributed by atoms with Crippen LogP contribution < -0.4 is 37.6 Å². The number of halogens is 1. The molecule has 0 unspecified atom stereocenters. The van der Waals surface area contributed by atoms with Crippen LogP contribution in [0.4, 0.5) is 11.4 Å². The predicted octanol–water partition coefficient (Wildman–Crippen LogP) is -4.30. The molecule has 2 aromatic heterocycles. The summed E-state index contributed by atoms with van der Waals surface area (Å²) in [6, 6.07) is 8.19. The topological polar surface area (TPSA) is 127 Å². The van der Waals surface area contributed by atoms with Crippen LogP contribution in [0.5, 0.6) is 0 Å². The normalized spacial score (nSPS) is 11.0. The lowest BCUT2D eigenvalue weighted by Crippen LogP contribution is -2.68. The Kier molecular flexibility index (Phi) is 8.83. The maximum Gasteiger partial charge on any atom is 0.180 e. The van der Waals surface area contributed by atoms with E-state index in [9.17, 15) is 5.11 Å². The maximum absolute atomic E-state index is 10.3. The van der Waals surface area contributed by atoms with Gasteiger partial charge in [0.25, 0.3) is 0 Å². The van der Waals surface area contributed by atoms with Crippen molar-refractivity contribution >= 4 is 11.4 Å². The van der Waals surface area contributed by atoms with Crippen molar-refractivity contribution in [2.45, 2.75) is 19.2 Å². The van der Waals surface area contributed by atoms with E-state index in [-0.39, 0.29) is 0 Å². The van der Waals surface area contributed by atoms with E-state index in [1.165, 1.54) is 0 Å². The Morgan fingerprint density at radius 1 is 0.778 bits per heavy atom. The maximum atomic E-state index is 10.3. The molecule has 0 radical (unpaired) electrons. The number of aliphatic hydroxyl groups is 1.